The molecular weight excluding hydrogens is 222 g/mol. The first-order valence-electron chi connectivity index (χ1n) is 4.72. The third-order valence-electron chi connectivity index (χ3n) is 1.98. The Morgan fingerprint density at radius 3 is 2.50 bits per heavy atom. The number of carbonyl (C=O) groups excluding carboxylic acids is 2. The third-order valence-corrected chi connectivity index (χ3v) is 2.81. The summed E-state index contributed by atoms with van der Waals surface area (Å²) in [6, 6.07) is 9.74. The zero-order chi connectivity index (χ0) is 11.4. The summed E-state index contributed by atoms with van der Waals surface area (Å²) < 4.78 is 0. The summed E-state index contributed by atoms with van der Waals surface area (Å²) >= 11 is 0.919. The molecule has 16 heavy (non-hydrogen) atoms. The van der Waals surface area contributed by atoms with Crippen LogP contribution in [0.1, 0.15) is 5.56 Å². The van der Waals surface area contributed by atoms with E-state index in [2.05, 4.69) is 5.32 Å². The van der Waals surface area contributed by atoms with E-state index in [0.29, 0.717) is 4.91 Å². The van der Waals surface area contributed by atoms with Crippen molar-refractivity contribution < 1.29 is 9.59 Å². The molecule has 1 aliphatic heterocycles. The minimum Gasteiger partial charge on any atom is -0.282 e. The van der Waals surface area contributed by atoms with Gasteiger partial charge in [-0.05, 0) is 23.4 Å². The van der Waals surface area contributed by atoms with Crippen LogP contribution in [0.25, 0.3) is 6.08 Å². The molecule has 0 bridgehead atoms. The number of nitrogens with one attached hydrogen (secondary N) is 1. The maximum absolute atomic E-state index is 11.2. The predicted octanol–water partition coefficient (Wildman–Crippen LogP) is 2.57. The number of allylic oxidation sites excluding steroid dienone is 2. The number of benzene rings is 1. The molecule has 1 aromatic carbocycles. The molecule has 4 heteroatoms. The van der Waals surface area contributed by atoms with Crippen LogP contribution in [0.3, 0.4) is 0 Å². The first kappa shape index (κ1) is 10.7. The van der Waals surface area contributed by atoms with Gasteiger partial charge in [-0.25, -0.2) is 0 Å². The largest absolute Gasteiger partial charge is 0.290 e. The molecule has 1 N–H and O–H groups in total. The van der Waals surface area contributed by atoms with Gasteiger partial charge in [0.25, 0.3) is 11.1 Å². The van der Waals surface area contributed by atoms with E-state index in [-0.39, 0.29) is 11.1 Å². The molecule has 1 saturated heterocycles. The van der Waals surface area contributed by atoms with Crippen molar-refractivity contribution in [3.05, 3.63) is 53.0 Å². The summed E-state index contributed by atoms with van der Waals surface area (Å²) in [5.74, 6) is -0.326. The molecule has 1 aliphatic rings. The lowest BCUT2D eigenvalue weighted by Gasteiger charge is -1.89. The topological polar surface area (TPSA) is 46.2 Å². The van der Waals surface area contributed by atoms with Gasteiger partial charge in [0.15, 0.2) is 0 Å². The molecule has 0 unspecified atom stereocenters. The zero-order valence-corrected chi connectivity index (χ0v) is 9.16. The van der Waals surface area contributed by atoms with Crippen LogP contribution in [0, 0.1) is 0 Å². The van der Waals surface area contributed by atoms with Gasteiger partial charge in [-0.2, -0.15) is 0 Å². The Bertz CT molecular complexity index is 477. The van der Waals surface area contributed by atoms with Crippen LogP contribution in [0.5, 0.6) is 0 Å². The Morgan fingerprint density at radius 1 is 1.12 bits per heavy atom. The SMILES string of the molecule is O=C1NC(=O)/C(=C/C=C\c2ccccc2)S1. The Kier molecular flexibility index (Phi) is 3.22. The van der Waals surface area contributed by atoms with E-state index in [4.69, 9.17) is 0 Å². The van der Waals surface area contributed by atoms with Crippen molar-refractivity contribution in [3.63, 3.8) is 0 Å². The van der Waals surface area contributed by atoms with E-state index in [1.54, 1.807) is 12.2 Å². The maximum Gasteiger partial charge on any atom is 0.290 e. The highest BCUT2D eigenvalue weighted by atomic mass is 32.2. The summed E-state index contributed by atoms with van der Waals surface area (Å²) in [4.78, 5) is 22.5. The highest BCUT2D eigenvalue weighted by molar-refractivity contribution is 8.18. The Morgan fingerprint density at radius 2 is 1.88 bits per heavy atom. The third kappa shape index (κ3) is 2.61. The molecule has 0 atom stereocenters. The molecule has 1 heterocycles. The minimum atomic E-state index is -0.326. The highest BCUT2D eigenvalue weighted by Gasteiger charge is 2.24. The fourth-order valence-electron chi connectivity index (χ4n) is 1.25. The molecule has 0 saturated carbocycles. The number of imide groups is 1. The standard InChI is InChI=1S/C12H9NO2S/c14-11-10(16-12(15)13-11)8-4-7-9-5-2-1-3-6-9/h1-8H,(H,13,14,15)/b7-4-,10-8-. The second kappa shape index (κ2) is 4.81. The summed E-state index contributed by atoms with van der Waals surface area (Å²) in [5, 5.41) is 1.88. The van der Waals surface area contributed by atoms with Crippen LogP contribution in [-0.4, -0.2) is 11.1 Å². The number of rotatable bonds is 2. The molecule has 0 aliphatic carbocycles. The molecule has 0 radical (unpaired) electrons. The van der Waals surface area contributed by atoms with Crippen molar-refractivity contribution in [3.8, 4) is 0 Å². The van der Waals surface area contributed by atoms with E-state index in [9.17, 15) is 9.59 Å². The lowest BCUT2D eigenvalue weighted by atomic mass is 10.2. The fraction of sp³-hybridized carbons (Fsp3) is 0. The first-order chi connectivity index (χ1) is 7.75. The lowest BCUT2D eigenvalue weighted by Crippen LogP contribution is -2.17. The Labute approximate surface area is 97.2 Å². The van der Waals surface area contributed by atoms with Gasteiger partial charge >= 0.3 is 0 Å². The summed E-state index contributed by atoms with van der Waals surface area (Å²) in [6.45, 7) is 0. The molecule has 80 valence electrons. The Hall–Kier alpha value is -1.81. The number of amides is 2. The van der Waals surface area contributed by atoms with Gasteiger partial charge in [0.2, 0.25) is 0 Å². The molecular formula is C12H9NO2S. The van der Waals surface area contributed by atoms with Crippen molar-refractivity contribution in [1.29, 1.82) is 0 Å². The smallest absolute Gasteiger partial charge is 0.282 e. The van der Waals surface area contributed by atoms with Crippen LogP contribution in [0.2, 0.25) is 0 Å². The Balaban J connectivity index is 2.07. The van der Waals surface area contributed by atoms with Crippen molar-refractivity contribution in [2.24, 2.45) is 0 Å². The van der Waals surface area contributed by atoms with Gasteiger partial charge < -0.3 is 0 Å². The molecule has 0 spiro atoms. The number of thioether (sulfide) groups is 1. The van der Waals surface area contributed by atoms with E-state index in [1.807, 2.05) is 36.4 Å². The molecule has 0 aromatic heterocycles. The minimum absolute atomic E-state index is 0.315. The van der Waals surface area contributed by atoms with Gasteiger partial charge in [-0.3, -0.25) is 14.9 Å². The molecule has 2 rings (SSSR count). The van der Waals surface area contributed by atoms with Crippen molar-refractivity contribution in [2.45, 2.75) is 0 Å². The second-order valence-electron chi connectivity index (χ2n) is 3.14. The normalized spacial score (nSPS) is 18.4. The second-order valence-corrected chi connectivity index (χ2v) is 4.16. The predicted molar refractivity (Wildman–Crippen MR) is 64.7 cm³/mol. The van der Waals surface area contributed by atoms with E-state index >= 15 is 0 Å². The number of hydrogen-bond donors (Lipinski definition) is 1. The van der Waals surface area contributed by atoms with Crippen LogP contribution in [0.4, 0.5) is 4.79 Å². The fourth-order valence-corrected chi connectivity index (χ4v) is 1.88. The summed E-state index contributed by atoms with van der Waals surface area (Å²) in [6.07, 6.45) is 5.28. The monoisotopic (exact) mass is 231 g/mol. The van der Waals surface area contributed by atoms with Gasteiger partial charge in [-0.15, -0.1) is 0 Å². The van der Waals surface area contributed by atoms with Crippen LogP contribution in [-0.2, 0) is 4.79 Å². The van der Waals surface area contributed by atoms with Crippen LogP contribution < -0.4 is 5.32 Å². The van der Waals surface area contributed by atoms with Gasteiger partial charge in [0.1, 0.15) is 0 Å². The van der Waals surface area contributed by atoms with Crippen LogP contribution >= 0.6 is 11.8 Å². The summed E-state index contributed by atoms with van der Waals surface area (Å²) in [7, 11) is 0. The highest BCUT2D eigenvalue weighted by Crippen LogP contribution is 2.22. The number of carbonyl (C=O) groups is 2. The van der Waals surface area contributed by atoms with E-state index < -0.39 is 0 Å². The van der Waals surface area contributed by atoms with Crippen molar-refractivity contribution in [2.75, 3.05) is 0 Å². The average Bonchev–Trinajstić information content (AvgIpc) is 2.59. The van der Waals surface area contributed by atoms with Crippen molar-refractivity contribution >= 4 is 29.0 Å². The molecule has 3 nitrogen and oxygen atoms in total. The van der Waals surface area contributed by atoms with Crippen LogP contribution in [0.15, 0.2) is 47.4 Å². The number of hydrogen-bond acceptors (Lipinski definition) is 3. The van der Waals surface area contributed by atoms with Crippen molar-refractivity contribution in [1.82, 2.24) is 5.32 Å². The average molecular weight is 231 g/mol. The maximum atomic E-state index is 11.2. The van der Waals surface area contributed by atoms with Gasteiger partial charge in [0.05, 0.1) is 4.91 Å². The quantitative estimate of drug-likeness (QED) is 0.796. The van der Waals surface area contributed by atoms with E-state index in [0.717, 1.165) is 17.3 Å². The van der Waals surface area contributed by atoms with Gasteiger partial charge in [-0.1, -0.05) is 42.5 Å². The van der Waals surface area contributed by atoms with E-state index in [1.165, 1.54) is 0 Å². The summed E-state index contributed by atoms with van der Waals surface area (Å²) in [5.41, 5.74) is 1.05. The first-order valence-corrected chi connectivity index (χ1v) is 5.54. The molecule has 1 aromatic rings. The zero-order valence-electron chi connectivity index (χ0n) is 8.34. The molecule has 1 fully saturated rings. The molecule has 2 amide bonds. The van der Waals surface area contributed by atoms with Gasteiger partial charge in [0, 0.05) is 0 Å². The lowest BCUT2D eigenvalue weighted by molar-refractivity contribution is -0.115.